The number of ether oxygens (including phenoxy) is 1. The van der Waals surface area contributed by atoms with Crippen molar-refractivity contribution in [1.29, 1.82) is 0 Å². The van der Waals surface area contributed by atoms with Crippen molar-refractivity contribution in [2.24, 2.45) is 0 Å². The highest BCUT2D eigenvalue weighted by molar-refractivity contribution is 7.91. The second-order valence-corrected chi connectivity index (χ2v) is 11.1. The SMILES string of the molecule is CCc1cc(OC)cc2nc(-c3cccnc3N3CC[C@@H](N4CCS(=O)(=O)CC4)C3)oc(=O)c12. The van der Waals surface area contributed by atoms with Gasteiger partial charge in [0, 0.05) is 44.5 Å². The highest BCUT2D eigenvalue weighted by Gasteiger charge is 2.33. The number of hydrogen-bond donors (Lipinski definition) is 0. The molecule has 2 aliphatic heterocycles. The lowest BCUT2D eigenvalue weighted by molar-refractivity contribution is 0.227. The Morgan fingerprint density at radius 3 is 2.74 bits per heavy atom. The summed E-state index contributed by atoms with van der Waals surface area (Å²) in [5.74, 6) is 2.01. The van der Waals surface area contributed by atoms with Gasteiger partial charge in [0.05, 0.1) is 35.1 Å². The Kier molecular flexibility index (Phi) is 6.03. The maximum atomic E-state index is 13.0. The maximum absolute atomic E-state index is 13.0. The van der Waals surface area contributed by atoms with Crippen LogP contribution in [0.3, 0.4) is 0 Å². The van der Waals surface area contributed by atoms with Gasteiger partial charge in [0.2, 0.25) is 5.89 Å². The van der Waals surface area contributed by atoms with E-state index in [2.05, 4.69) is 19.8 Å². The predicted octanol–water partition coefficient (Wildman–Crippen LogP) is 2.13. The molecule has 10 heteroatoms. The summed E-state index contributed by atoms with van der Waals surface area (Å²) in [5, 5.41) is 0.471. The molecule has 1 atom stereocenters. The van der Waals surface area contributed by atoms with E-state index in [4.69, 9.17) is 9.15 Å². The normalized spacial score (nSPS) is 20.6. The number of aromatic nitrogens is 2. The van der Waals surface area contributed by atoms with E-state index in [1.54, 1.807) is 25.4 Å². The van der Waals surface area contributed by atoms with Gasteiger partial charge < -0.3 is 14.1 Å². The van der Waals surface area contributed by atoms with Crippen molar-refractivity contribution in [2.75, 3.05) is 49.7 Å². The van der Waals surface area contributed by atoms with Crippen molar-refractivity contribution in [3.05, 3.63) is 46.4 Å². The van der Waals surface area contributed by atoms with Crippen LogP contribution in [0.5, 0.6) is 5.75 Å². The quantitative estimate of drug-likeness (QED) is 0.538. The number of anilines is 1. The molecule has 0 amide bonds. The minimum atomic E-state index is -2.91. The molecule has 0 aliphatic carbocycles. The smallest absolute Gasteiger partial charge is 0.347 e. The zero-order chi connectivity index (χ0) is 23.9. The zero-order valence-corrected chi connectivity index (χ0v) is 20.2. The van der Waals surface area contributed by atoms with Crippen LogP contribution in [0.4, 0.5) is 5.82 Å². The molecule has 0 unspecified atom stereocenters. The molecular formula is C24H28N4O5S. The summed E-state index contributed by atoms with van der Waals surface area (Å²) in [6.45, 7) is 4.62. The molecule has 2 aromatic heterocycles. The summed E-state index contributed by atoms with van der Waals surface area (Å²) in [4.78, 5) is 26.7. The fourth-order valence-corrected chi connectivity index (χ4v) is 6.13. The van der Waals surface area contributed by atoms with Crippen molar-refractivity contribution in [1.82, 2.24) is 14.9 Å². The topological polar surface area (TPSA) is 106 Å². The van der Waals surface area contributed by atoms with E-state index in [1.165, 1.54) is 0 Å². The largest absolute Gasteiger partial charge is 0.497 e. The molecule has 0 bridgehead atoms. The van der Waals surface area contributed by atoms with Crippen LogP contribution in [0.2, 0.25) is 0 Å². The fourth-order valence-electron chi connectivity index (χ4n) is 4.90. The van der Waals surface area contributed by atoms with Crippen LogP contribution in [0, 0.1) is 0 Å². The molecule has 2 saturated heterocycles. The third-order valence-electron chi connectivity index (χ3n) is 6.78. The third kappa shape index (κ3) is 4.27. The monoisotopic (exact) mass is 484 g/mol. The minimum Gasteiger partial charge on any atom is -0.497 e. The molecule has 2 aliphatic rings. The van der Waals surface area contributed by atoms with Crippen molar-refractivity contribution in [3.63, 3.8) is 0 Å². The number of fused-ring (bicyclic) bond motifs is 1. The molecule has 5 rings (SSSR count). The number of pyridine rings is 1. The second-order valence-electron chi connectivity index (χ2n) is 8.79. The van der Waals surface area contributed by atoms with E-state index in [0.29, 0.717) is 47.5 Å². The molecule has 0 spiro atoms. The first-order valence-corrected chi connectivity index (χ1v) is 13.4. The Labute approximate surface area is 198 Å². The highest BCUT2D eigenvalue weighted by atomic mass is 32.2. The Morgan fingerprint density at radius 1 is 1.21 bits per heavy atom. The van der Waals surface area contributed by atoms with E-state index in [0.717, 1.165) is 25.1 Å². The highest BCUT2D eigenvalue weighted by Crippen LogP contribution is 2.32. The van der Waals surface area contributed by atoms with Gasteiger partial charge in [0.25, 0.3) is 0 Å². The van der Waals surface area contributed by atoms with Gasteiger partial charge in [-0.2, -0.15) is 0 Å². The molecule has 34 heavy (non-hydrogen) atoms. The van der Waals surface area contributed by atoms with Gasteiger partial charge in [-0.3, -0.25) is 4.90 Å². The zero-order valence-electron chi connectivity index (χ0n) is 19.4. The van der Waals surface area contributed by atoms with Gasteiger partial charge in [-0.25, -0.2) is 23.2 Å². The van der Waals surface area contributed by atoms with Gasteiger partial charge in [-0.15, -0.1) is 0 Å². The summed E-state index contributed by atoms with van der Waals surface area (Å²) in [7, 11) is -1.32. The Hall–Kier alpha value is -2.98. The average molecular weight is 485 g/mol. The summed E-state index contributed by atoms with van der Waals surface area (Å²) in [5.41, 5.74) is 1.60. The number of sulfone groups is 1. The van der Waals surface area contributed by atoms with E-state index < -0.39 is 15.5 Å². The summed E-state index contributed by atoms with van der Waals surface area (Å²) >= 11 is 0. The van der Waals surface area contributed by atoms with Crippen molar-refractivity contribution in [2.45, 2.75) is 25.8 Å². The van der Waals surface area contributed by atoms with E-state index >= 15 is 0 Å². The average Bonchev–Trinajstić information content (AvgIpc) is 3.33. The van der Waals surface area contributed by atoms with Crippen molar-refractivity contribution < 1.29 is 17.6 Å². The third-order valence-corrected chi connectivity index (χ3v) is 8.39. The van der Waals surface area contributed by atoms with Crippen LogP contribution >= 0.6 is 0 Å². The molecule has 0 N–H and O–H groups in total. The number of nitrogens with zero attached hydrogens (tertiary/aromatic N) is 4. The molecule has 0 saturated carbocycles. The standard InChI is InChI=1S/C24H28N4O5S/c1-3-16-13-18(32-2)14-20-21(16)24(29)33-23(26-20)19-5-4-7-25-22(19)28-8-6-17(15-28)27-9-11-34(30,31)12-10-27/h4-5,7,13-14,17H,3,6,8-12,15H2,1-2H3/t17-/m1/s1. The molecule has 2 fully saturated rings. The first-order valence-electron chi connectivity index (χ1n) is 11.5. The van der Waals surface area contributed by atoms with Crippen LogP contribution in [-0.4, -0.2) is 74.1 Å². The first kappa shape index (κ1) is 22.8. The number of hydrogen-bond acceptors (Lipinski definition) is 9. The lowest BCUT2D eigenvalue weighted by Crippen LogP contribution is -2.47. The first-order chi connectivity index (χ1) is 16.4. The molecule has 4 heterocycles. The van der Waals surface area contributed by atoms with E-state index in [9.17, 15) is 13.2 Å². The van der Waals surface area contributed by atoms with Gasteiger partial charge in [0.15, 0.2) is 9.84 Å². The summed E-state index contributed by atoms with van der Waals surface area (Å²) in [6.07, 6.45) is 3.30. The summed E-state index contributed by atoms with van der Waals surface area (Å²) < 4.78 is 34.7. The number of benzene rings is 1. The van der Waals surface area contributed by atoms with Crippen molar-refractivity contribution in [3.8, 4) is 17.2 Å². The number of methoxy groups -OCH3 is 1. The van der Waals surface area contributed by atoms with Gasteiger partial charge in [0.1, 0.15) is 11.6 Å². The maximum Gasteiger partial charge on any atom is 0.347 e. The fraction of sp³-hybridized carbons (Fsp3) is 0.458. The predicted molar refractivity (Wildman–Crippen MR) is 130 cm³/mol. The molecule has 1 aromatic carbocycles. The molecular weight excluding hydrogens is 456 g/mol. The van der Waals surface area contributed by atoms with Crippen LogP contribution in [0.25, 0.3) is 22.4 Å². The van der Waals surface area contributed by atoms with Crippen LogP contribution in [0.1, 0.15) is 18.9 Å². The minimum absolute atomic E-state index is 0.216. The molecule has 0 radical (unpaired) electrons. The number of aryl methyl sites for hydroxylation is 1. The van der Waals surface area contributed by atoms with Crippen LogP contribution in [0.15, 0.2) is 39.7 Å². The molecule has 180 valence electrons. The lowest BCUT2D eigenvalue weighted by atomic mass is 10.1. The van der Waals surface area contributed by atoms with E-state index in [-0.39, 0.29) is 23.4 Å². The van der Waals surface area contributed by atoms with Crippen LogP contribution in [-0.2, 0) is 16.3 Å². The van der Waals surface area contributed by atoms with Gasteiger partial charge in [-0.05, 0) is 36.6 Å². The van der Waals surface area contributed by atoms with Gasteiger partial charge >= 0.3 is 5.63 Å². The molecule has 3 aromatic rings. The summed E-state index contributed by atoms with van der Waals surface area (Å²) in [6, 6.07) is 7.52. The molecule has 9 nitrogen and oxygen atoms in total. The Balaban J connectivity index is 1.47. The van der Waals surface area contributed by atoms with Crippen molar-refractivity contribution >= 4 is 26.6 Å². The number of rotatable bonds is 5. The van der Waals surface area contributed by atoms with E-state index in [1.807, 2.05) is 19.1 Å². The second kappa shape index (κ2) is 8.99. The van der Waals surface area contributed by atoms with Crippen LogP contribution < -0.4 is 15.3 Å². The Morgan fingerprint density at radius 2 is 2.00 bits per heavy atom. The lowest BCUT2D eigenvalue weighted by Gasteiger charge is -2.32. The Bertz CT molecular complexity index is 1370. The van der Waals surface area contributed by atoms with Gasteiger partial charge in [-0.1, -0.05) is 6.92 Å².